The summed E-state index contributed by atoms with van der Waals surface area (Å²) in [5.74, 6) is 0. The number of nitrogens with zero attached hydrogens (tertiary/aromatic N) is 3. The standard InChI is InChI=1S/C39H36Cl2N3S2/c1-3-42-33-25-29(40)19-21-35(33)45-37(42)23-17-27-15-16-28(18-24-38-43(4-2)34-26-30(41)20-22-36(34)46-38)39(27)44(31-11-7-5-8-12-31)32-13-9-6-10-14-32/h5,7-9,11-14,17-26H,3-4,6,10,15-16H2,1-2H3/q+1. The molecule has 2 heterocycles. The van der Waals surface area contributed by atoms with Crippen LogP contribution < -0.4 is 14.4 Å². The predicted octanol–water partition coefficient (Wildman–Crippen LogP) is 11.7. The van der Waals surface area contributed by atoms with Gasteiger partial charge in [0.05, 0.1) is 16.4 Å². The smallest absolute Gasteiger partial charge is 0.262 e. The molecule has 4 aromatic rings. The van der Waals surface area contributed by atoms with Gasteiger partial charge in [0.2, 0.25) is 5.52 Å². The number of fused-ring (bicyclic) bond motifs is 2. The van der Waals surface area contributed by atoms with Crippen molar-refractivity contribution in [1.82, 2.24) is 0 Å². The molecular weight excluding hydrogens is 645 g/mol. The van der Waals surface area contributed by atoms with E-state index in [1.165, 1.54) is 59.1 Å². The summed E-state index contributed by atoms with van der Waals surface area (Å²) in [6.45, 7) is 6.17. The molecule has 3 nitrogen and oxygen atoms in total. The Balaban J connectivity index is 1.35. The molecule has 0 unspecified atom stereocenters. The normalized spacial score (nSPS) is 18.1. The zero-order valence-corrected chi connectivity index (χ0v) is 29.2. The molecule has 1 aromatic heterocycles. The van der Waals surface area contributed by atoms with Crippen LogP contribution in [0.25, 0.3) is 16.3 Å². The van der Waals surface area contributed by atoms with E-state index >= 15 is 0 Å². The number of aryl methyl sites for hydroxylation is 1. The summed E-state index contributed by atoms with van der Waals surface area (Å²) in [6, 6.07) is 23.2. The third kappa shape index (κ3) is 6.14. The minimum absolute atomic E-state index is 0.772. The van der Waals surface area contributed by atoms with Crippen molar-refractivity contribution in [2.45, 2.75) is 51.0 Å². The first-order valence-electron chi connectivity index (χ1n) is 15.9. The predicted molar refractivity (Wildman–Crippen MR) is 200 cm³/mol. The molecule has 0 spiro atoms. The van der Waals surface area contributed by atoms with E-state index in [0.717, 1.165) is 48.8 Å². The van der Waals surface area contributed by atoms with Gasteiger partial charge in [0, 0.05) is 45.0 Å². The van der Waals surface area contributed by atoms with Crippen molar-refractivity contribution < 1.29 is 4.57 Å². The number of rotatable bonds is 8. The summed E-state index contributed by atoms with van der Waals surface area (Å²) in [5.41, 5.74) is 8.73. The first-order valence-corrected chi connectivity index (χ1v) is 18.3. The number of hydrogen-bond donors (Lipinski definition) is 0. The zero-order chi connectivity index (χ0) is 31.6. The molecule has 0 N–H and O–H groups in total. The molecule has 0 saturated heterocycles. The summed E-state index contributed by atoms with van der Waals surface area (Å²) in [4.78, 5) is 6.08. The van der Waals surface area contributed by atoms with Crippen LogP contribution in [0.4, 0.5) is 11.4 Å². The van der Waals surface area contributed by atoms with E-state index in [1.807, 2.05) is 35.2 Å². The van der Waals surface area contributed by atoms with E-state index in [-0.39, 0.29) is 0 Å². The molecule has 0 amide bonds. The van der Waals surface area contributed by atoms with Gasteiger partial charge in [-0.1, -0.05) is 82.7 Å². The highest BCUT2D eigenvalue weighted by atomic mass is 35.5. The average Bonchev–Trinajstić information content (AvgIpc) is 3.75. The van der Waals surface area contributed by atoms with Crippen LogP contribution in [-0.4, -0.2) is 6.54 Å². The molecule has 7 rings (SSSR count). The van der Waals surface area contributed by atoms with Crippen LogP contribution in [-0.2, 0) is 6.54 Å². The number of benzene rings is 3. The Morgan fingerprint density at radius 1 is 0.913 bits per heavy atom. The van der Waals surface area contributed by atoms with Crippen molar-refractivity contribution in [3.8, 4) is 0 Å². The number of para-hydroxylation sites is 1. The lowest BCUT2D eigenvalue weighted by Gasteiger charge is -2.30. The van der Waals surface area contributed by atoms with Gasteiger partial charge in [-0.15, -0.1) is 0 Å². The van der Waals surface area contributed by atoms with Crippen molar-refractivity contribution in [3.63, 3.8) is 0 Å². The molecule has 0 fully saturated rings. The first kappa shape index (κ1) is 31.1. The topological polar surface area (TPSA) is 10.4 Å². The van der Waals surface area contributed by atoms with E-state index in [0.29, 0.717) is 0 Å². The van der Waals surface area contributed by atoms with Gasteiger partial charge in [0.15, 0.2) is 0 Å². The van der Waals surface area contributed by atoms with E-state index in [2.05, 4.69) is 125 Å². The Hall–Kier alpha value is -3.48. The fraction of sp³-hybridized carbons (Fsp3) is 0.205. The summed E-state index contributed by atoms with van der Waals surface area (Å²) in [6.07, 6.45) is 20.3. The monoisotopic (exact) mass is 680 g/mol. The van der Waals surface area contributed by atoms with Gasteiger partial charge >= 0.3 is 0 Å². The number of thioether (sulfide) groups is 1. The number of hydrogen-bond acceptors (Lipinski definition) is 4. The van der Waals surface area contributed by atoms with Gasteiger partial charge in [-0.05, 0) is 111 Å². The zero-order valence-electron chi connectivity index (χ0n) is 26.0. The summed E-state index contributed by atoms with van der Waals surface area (Å²) in [7, 11) is 0. The van der Waals surface area contributed by atoms with Crippen LogP contribution >= 0.6 is 46.3 Å². The number of halogens is 2. The Kier molecular flexibility index (Phi) is 9.28. The summed E-state index contributed by atoms with van der Waals surface area (Å²) in [5, 5.41) is 4.00. The molecular formula is C39H36Cl2N3S2+. The van der Waals surface area contributed by atoms with Gasteiger partial charge in [-0.3, -0.25) is 0 Å². The second kappa shape index (κ2) is 13.7. The Bertz CT molecular complexity index is 1980. The molecule has 0 radical (unpaired) electrons. The quantitative estimate of drug-likeness (QED) is 0.172. The minimum Gasteiger partial charge on any atom is -0.335 e. The molecule has 3 aromatic carbocycles. The molecule has 1 aliphatic heterocycles. The third-order valence-corrected chi connectivity index (χ3v) is 11.3. The lowest BCUT2D eigenvalue weighted by Crippen LogP contribution is -2.33. The van der Waals surface area contributed by atoms with Crippen molar-refractivity contribution in [1.29, 1.82) is 0 Å². The summed E-state index contributed by atoms with van der Waals surface area (Å²) >= 11 is 16.4. The van der Waals surface area contributed by atoms with Gasteiger partial charge in [0.1, 0.15) is 11.2 Å². The SMILES string of the molecule is CCN1C(=CC=C2CCC(C=Cc3sc4ccc(Cl)cc4[n+]3CC)=C2N(C2=CCCC=C2)c2ccccc2)Sc2ccc(Cl)cc21. The second-order valence-electron chi connectivity index (χ2n) is 11.4. The molecule has 46 heavy (non-hydrogen) atoms. The molecule has 7 heteroatoms. The van der Waals surface area contributed by atoms with Crippen LogP contribution in [0.5, 0.6) is 0 Å². The maximum Gasteiger partial charge on any atom is 0.262 e. The Labute approximate surface area is 290 Å². The van der Waals surface area contributed by atoms with E-state index in [9.17, 15) is 0 Å². The molecule has 3 aliphatic rings. The van der Waals surface area contributed by atoms with Gasteiger partial charge in [0.25, 0.3) is 5.01 Å². The lowest BCUT2D eigenvalue weighted by molar-refractivity contribution is -0.665. The van der Waals surface area contributed by atoms with Crippen molar-refractivity contribution in [2.24, 2.45) is 0 Å². The highest BCUT2D eigenvalue weighted by molar-refractivity contribution is 8.03. The first-order chi connectivity index (χ1) is 22.5. The fourth-order valence-electron chi connectivity index (χ4n) is 6.47. The van der Waals surface area contributed by atoms with Crippen LogP contribution in [0.3, 0.4) is 0 Å². The largest absolute Gasteiger partial charge is 0.335 e. The highest BCUT2D eigenvalue weighted by Gasteiger charge is 2.28. The average molecular weight is 682 g/mol. The van der Waals surface area contributed by atoms with Gasteiger partial charge in [-0.2, -0.15) is 4.57 Å². The van der Waals surface area contributed by atoms with E-state index in [1.54, 1.807) is 0 Å². The Morgan fingerprint density at radius 3 is 2.52 bits per heavy atom. The van der Waals surface area contributed by atoms with E-state index in [4.69, 9.17) is 23.2 Å². The summed E-state index contributed by atoms with van der Waals surface area (Å²) < 4.78 is 3.61. The van der Waals surface area contributed by atoms with Gasteiger partial charge in [-0.25, -0.2) is 0 Å². The van der Waals surface area contributed by atoms with E-state index < -0.39 is 0 Å². The van der Waals surface area contributed by atoms with Gasteiger partial charge < -0.3 is 9.80 Å². The number of anilines is 2. The van der Waals surface area contributed by atoms with Crippen LogP contribution in [0.2, 0.25) is 10.0 Å². The third-order valence-electron chi connectivity index (χ3n) is 8.61. The highest BCUT2D eigenvalue weighted by Crippen LogP contribution is 2.47. The maximum atomic E-state index is 6.40. The minimum atomic E-state index is 0.772. The number of aromatic nitrogens is 1. The van der Waals surface area contributed by atoms with Crippen molar-refractivity contribution in [3.05, 3.63) is 146 Å². The van der Waals surface area contributed by atoms with Crippen LogP contribution in [0.1, 0.15) is 44.5 Å². The molecule has 232 valence electrons. The van der Waals surface area contributed by atoms with Crippen molar-refractivity contribution in [2.75, 3.05) is 16.3 Å². The number of allylic oxidation sites excluding steroid dienone is 8. The lowest BCUT2D eigenvalue weighted by atomic mass is 10.1. The fourth-order valence-corrected chi connectivity index (χ4v) is 9.02. The Morgan fingerprint density at radius 2 is 1.74 bits per heavy atom. The van der Waals surface area contributed by atoms with Crippen molar-refractivity contribution >= 4 is 74.0 Å². The number of thiazole rings is 1. The molecule has 0 atom stereocenters. The molecule has 0 saturated carbocycles. The molecule has 0 bridgehead atoms. The van der Waals surface area contributed by atoms with Crippen LogP contribution in [0.15, 0.2) is 136 Å². The second-order valence-corrected chi connectivity index (χ2v) is 14.4. The van der Waals surface area contributed by atoms with Crippen LogP contribution in [0, 0.1) is 0 Å². The maximum absolute atomic E-state index is 6.40. The molecule has 2 aliphatic carbocycles.